The quantitative estimate of drug-likeness (QED) is 0.0383. The highest BCUT2D eigenvalue weighted by molar-refractivity contribution is 5.69. The summed E-state index contributed by atoms with van der Waals surface area (Å²) in [6.07, 6.45) is 49.3. The number of ether oxygens (including phenoxy) is 3. The molecule has 0 saturated carbocycles. The summed E-state index contributed by atoms with van der Waals surface area (Å²) < 4.78 is 18.0. The van der Waals surface area contributed by atoms with Gasteiger partial charge in [0.1, 0.15) is 18.1 Å². The van der Waals surface area contributed by atoms with Crippen molar-refractivity contribution in [3.63, 3.8) is 0 Å². The van der Waals surface area contributed by atoms with E-state index in [1.807, 2.05) is 32.3 Å². The summed E-state index contributed by atoms with van der Waals surface area (Å²) in [5.74, 6) is 1.44. The molecule has 5 heteroatoms. The molecule has 54 heavy (non-hydrogen) atoms. The van der Waals surface area contributed by atoms with Crippen LogP contribution in [-0.2, 0) is 16.1 Å². The van der Waals surface area contributed by atoms with Crippen molar-refractivity contribution in [2.45, 2.75) is 187 Å². The van der Waals surface area contributed by atoms with Crippen LogP contribution >= 0.6 is 0 Å². The molecule has 0 spiro atoms. The van der Waals surface area contributed by atoms with Crippen molar-refractivity contribution in [3.8, 4) is 11.5 Å². The predicted octanol–water partition coefficient (Wildman–Crippen LogP) is 14.5. The van der Waals surface area contributed by atoms with Crippen LogP contribution in [0.2, 0.25) is 0 Å². The lowest BCUT2D eigenvalue weighted by molar-refractivity contribution is -0.145. The summed E-state index contributed by atoms with van der Waals surface area (Å²) >= 11 is 0. The van der Waals surface area contributed by atoms with Gasteiger partial charge in [-0.05, 0) is 122 Å². The lowest BCUT2D eigenvalue weighted by Gasteiger charge is -2.15. The first kappa shape index (κ1) is 49.2. The Morgan fingerprint density at radius 1 is 0.556 bits per heavy atom. The SMILES string of the molecule is CCCCC/C=C\C/C=C\CCCCCCCCOc1ccc(OCCCCCCCC/C=C\C/C=C\CCCCC)c(COC(=O)CCCN(C)C)c1. The number of rotatable bonds is 38. The van der Waals surface area contributed by atoms with E-state index in [1.165, 1.54) is 128 Å². The van der Waals surface area contributed by atoms with Crippen LogP contribution in [0.15, 0.2) is 66.8 Å². The second-order valence-electron chi connectivity index (χ2n) is 15.2. The van der Waals surface area contributed by atoms with Gasteiger partial charge in [0.25, 0.3) is 0 Å². The van der Waals surface area contributed by atoms with Crippen molar-refractivity contribution < 1.29 is 19.0 Å². The van der Waals surface area contributed by atoms with Gasteiger partial charge in [0.15, 0.2) is 0 Å². The van der Waals surface area contributed by atoms with E-state index in [4.69, 9.17) is 14.2 Å². The van der Waals surface area contributed by atoms with Crippen LogP contribution in [0.1, 0.15) is 186 Å². The summed E-state index contributed by atoms with van der Waals surface area (Å²) in [4.78, 5) is 14.5. The first-order valence-electron chi connectivity index (χ1n) is 22.4. The third kappa shape index (κ3) is 32.6. The molecule has 0 bridgehead atoms. The van der Waals surface area contributed by atoms with E-state index >= 15 is 0 Å². The standard InChI is InChI=1S/C49H83NO4/c1-5-7-9-11-13-15-17-19-21-23-25-27-29-31-33-35-42-52-47-39-40-48(46(44-47)45-54-49(51)38-37-41-50(3)4)53-43-36-34-32-30-28-26-24-22-20-18-16-14-12-10-8-6-2/h13-16,19-22,39-40,44H,5-12,17-18,23-38,41-43,45H2,1-4H3/b15-13-,16-14-,21-19-,22-20-. The van der Waals surface area contributed by atoms with Gasteiger partial charge in [-0.1, -0.05) is 140 Å². The summed E-state index contributed by atoms with van der Waals surface area (Å²) in [5, 5.41) is 0. The van der Waals surface area contributed by atoms with Gasteiger partial charge in [-0.25, -0.2) is 0 Å². The predicted molar refractivity (Wildman–Crippen MR) is 234 cm³/mol. The molecule has 5 nitrogen and oxygen atoms in total. The Balaban J connectivity index is 2.31. The number of carbonyl (C=O) groups is 1. The van der Waals surface area contributed by atoms with E-state index < -0.39 is 0 Å². The van der Waals surface area contributed by atoms with E-state index in [-0.39, 0.29) is 12.6 Å². The normalized spacial score (nSPS) is 12.0. The number of nitrogens with zero attached hydrogens (tertiary/aromatic N) is 1. The third-order valence-corrected chi connectivity index (χ3v) is 9.62. The first-order valence-corrected chi connectivity index (χ1v) is 22.4. The molecule has 0 amide bonds. The van der Waals surface area contributed by atoms with Gasteiger partial charge in [0.05, 0.1) is 13.2 Å². The fraction of sp³-hybridized carbons (Fsp3) is 0.694. The molecule has 0 heterocycles. The van der Waals surface area contributed by atoms with Gasteiger partial charge in [-0.3, -0.25) is 4.79 Å². The van der Waals surface area contributed by atoms with Crippen molar-refractivity contribution in [1.82, 2.24) is 4.90 Å². The number of unbranched alkanes of at least 4 members (excludes halogenated alkanes) is 18. The Bertz CT molecular complexity index is 1100. The lowest BCUT2D eigenvalue weighted by atomic mass is 10.1. The fourth-order valence-corrected chi connectivity index (χ4v) is 6.22. The Labute approximate surface area is 334 Å². The Kier molecular flexibility index (Phi) is 35.1. The highest BCUT2D eigenvalue weighted by Crippen LogP contribution is 2.26. The largest absolute Gasteiger partial charge is 0.494 e. The highest BCUT2D eigenvalue weighted by atomic mass is 16.5. The summed E-state index contributed by atoms with van der Waals surface area (Å²) in [7, 11) is 4.04. The highest BCUT2D eigenvalue weighted by Gasteiger charge is 2.11. The zero-order valence-corrected chi connectivity index (χ0v) is 35.6. The minimum Gasteiger partial charge on any atom is -0.494 e. The zero-order chi connectivity index (χ0) is 39.0. The molecule has 0 aromatic heterocycles. The Hall–Kier alpha value is -2.79. The van der Waals surface area contributed by atoms with E-state index in [9.17, 15) is 4.79 Å². The van der Waals surface area contributed by atoms with Crippen molar-refractivity contribution in [1.29, 1.82) is 0 Å². The fourth-order valence-electron chi connectivity index (χ4n) is 6.22. The van der Waals surface area contributed by atoms with E-state index in [1.54, 1.807) is 0 Å². The molecule has 0 unspecified atom stereocenters. The third-order valence-electron chi connectivity index (χ3n) is 9.62. The second-order valence-corrected chi connectivity index (χ2v) is 15.2. The molecule has 0 saturated heterocycles. The topological polar surface area (TPSA) is 48.0 Å². The van der Waals surface area contributed by atoms with Crippen LogP contribution in [0, 0.1) is 0 Å². The van der Waals surface area contributed by atoms with Gasteiger partial charge in [0, 0.05) is 12.0 Å². The molecule has 1 aromatic carbocycles. The molecule has 0 aliphatic heterocycles. The van der Waals surface area contributed by atoms with Crippen molar-refractivity contribution >= 4 is 5.97 Å². The monoisotopic (exact) mass is 750 g/mol. The van der Waals surface area contributed by atoms with Crippen molar-refractivity contribution in [2.75, 3.05) is 33.9 Å². The van der Waals surface area contributed by atoms with Gasteiger partial charge >= 0.3 is 5.97 Å². The minimum absolute atomic E-state index is 0.166. The number of esters is 1. The van der Waals surface area contributed by atoms with Gasteiger partial charge in [-0.2, -0.15) is 0 Å². The van der Waals surface area contributed by atoms with Gasteiger partial charge < -0.3 is 19.1 Å². The maximum absolute atomic E-state index is 12.4. The van der Waals surface area contributed by atoms with E-state index in [0.717, 1.165) is 55.7 Å². The maximum Gasteiger partial charge on any atom is 0.306 e. The average Bonchev–Trinajstić information content (AvgIpc) is 3.16. The van der Waals surface area contributed by atoms with Crippen LogP contribution in [0.25, 0.3) is 0 Å². The van der Waals surface area contributed by atoms with Crippen LogP contribution in [0.5, 0.6) is 11.5 Å². The number of benzene rings is 1. The Morgan fingerprint density at radius 2 is 1.02 bits per heavy atom. The molecule has 308 valence electrons. The number of allylic oxidation sites excluding steroid dienone is 8. The molecular weight excluding hydrogens is 667 g/mol. The maximum atomic E-state index is 12.4. The summed E-state index contributed by atoms with van der Waals surface area (Å²) in [6.45, 7) is 6.96. The van der Waals surface area contributed by atoms with Crippen molar-refractivity contribution in [3.05, 3.63) is 72.4 Å². The van der Waals surface area contributed by atoms with Gasteiger partial charge in [-0.15, -0.1) is 0 Å². The van der Waals surface area contributed by atoms with Crippen molar-refractivity contribution in [2.24, 2.45) is 0 Å². The van der Waals surface area contributed by atoms with Crippen LogP contribution in [-0.4, -0.2) is 44.7 Å². The molecular formula is C49H83NO4. The number of hydrogen-bond donors (Lipinski definition) is 0. The molecule has 1 rings (SSSR count). The summed E-state index contributed by atoms with van der Waals surface area (Å²) in [6, 6.07) is 5.97. The van der Waals surface area contributed by atoms with E-state index in [2.05, 4.69) is 67.4 Å². The smallest absolute Gasteiger partial charge is 0.306 e. The first-order chi connectivity index (χ1) is 26.6. The Morgan fingerprint density at radius 3 is 1.52 bits per heavy atom. The summed E-state index contributed by atoms with van der Waals surface area (Å²) in [5.41, 5.74) is 0.880. The van der Waals surface area contributed by atoms with Crippen LogP contribution in [0.3, 0.4) is 0 Å². The molecule has 0 radical (unpaired) electrons. The average molecular weight is 750 g/mol. The molecule has 0 atom stereocenters. The molecule has 0 N–H and O–H groups in total. The minimum atomic E-state index is -0.166. The molecule has 0 fully saturated rings. The number of carbonyl (C=O) groups excluding carboxylic acids is 1. The van der Waals surface area contributed by atoms with Gasteiger partial charge in [0.2, 0.25) is 0 Å². The van der Waals surface area contributed by atoms with Crippen LogP contribution < -0.4 is 9.47 Å². The second kappa shape index (κ2) is 38.5. The molecule has 0 aliphatic carbocycles. The molecule has 1 aromatic rings. The van der Waals surface area contributed by atoms with Crippen LogP contribution in [0.4, 0.5) is 0 Å². The molecule has 0 aliphatic rings. The lowest BCUT2D eigenvalue weighted by Crippen LogP contribution is -2.15. The van der Waals surface area contributed by atoms with E-state index in [0.29, 0.717) is 19.6 Å². The number of hydrogen-bond acceptors (Lipinski definition) is 5. The zero-order valence-electron chi connectivity index (χ0n) is 35.6.